The summed E-state index contributed by atoms with van der Waals surface area (Å²) in [4.78, 5) is 43.2. The van der Waals surface area contributed by atoms with Crippen LogP contribution >= 0.6 is 0 Å². The molecule has 0 unspecified atom stereocenters. The number of ether oxygens (including phenoxy) is 1. The van der Waals surface area contributed by atoms with Gasteiger partial charge in [-0.3, -0.25) is 15.0 Å². The summed E-state index contributed by atoms with van der Waals surface area (Å²) in [7, 11) is 0. The van der Waals surface area contributed by atoms with Crippen LogP contribution < -0.4 is 10.2 Å². The Balaban J connectivity index is 1.40. The molecule has 2 fully saturated rings. The lowest BCUT2D eigenvalue weighted by atomic mass is 10.0. The second kappa shape index (κ2) is 7.06. The van der Waals surface area contributed by atoms with Gasteiger partial charge in [-0.05, 0) is 32.9 Å². The maximum absolute atomic E-state index is 12.1. The lowest BCUT2D eigenvalue weighted by Gasteiger charge is -2.40. The van der Waals surface area contributed by atoms with Gasteiger partial charge in [-0.15, -0.1) is 0 Å². The summed E-state index contributed by atoms with van der Waals surface area (Å²) in [6, 6.07) is 3.45. The number of hydrogen-bond donors (Lipinski definition) is 1. The van der Waals surface area contributed by atoms with Crippen molar-refractivity contribution in [3.8, 4) is 0 Å². The molecule has 154 valence electrons. The van der Waals surface area contributed by atoms with Crippen LogP contribution in [-0.4, -0.2) is 57.7 Å². The van der Waals surface area contributed by atoms with Crippen molar-refractivity contribution in [1.82, 2.24) is 19.8 Å². The highest BCUT2D eigenvalue weighted by Gasteiger charge is 2.34. The maximum atomic E-state index is 12.1. The van der Waals surface area contributed by atoms with Crippen LogP contribution in [0.1, 0.15) is 27.2 Å². The van der Waals surface area contributed by atoms with Gasteiger partial charge < -0.3 is 14.2 Å². The number of pyridine rings is 1. The number of hydrogen-bond acceptors (Lipinski definition) is 5. The topological polar surface area (TPSA) is 96.8 Å². The lowest BCUT2D eigenvalue weighted by molar-refractivity contribution is -0.120. The molecule has 0 saturated carbocycles. The molecule has 2 aromatic rings. The molecule has 4 rings (SSSR count). The molecule has 29 heavy (non-hydrogen) atoms. The van der Waals surface area contributed by atoms with Crippen molar-refractivity contribution in [2.24, 2.45) is 5.92 Å². The molecule has 2 aliphatic heterocycles. The summed E-state index contributed by atoms with van der Waals surface area (Å²) in [6.45, 7) is 8.01. The predicted octanol–water partition coefficient (Wildman–Crippen LogP) is 2.35. The molecule has 4 amide bonds. The number of likely N-dealkylation sites (tertiary alicyclic amines) is 1. The zero-order valence-corrected chi connectivity index (χ0v) is 16.8. The Morgan fingerprint density at radius 2 is 2.07 bits per heavy atom. The summed E-state index contributed by atoms with van der Waals surface area (Å²) in [5, 5.41) is 3.25. The van der Waals surface area contributed by atoms with Crippen molar-refractivity contribution in [2.45, 2.75) is 39.3 Å². The molecule has 0 aromatic carbocycles. The second-order valence-corrected chi connectivity index (χ2v) is 8.58. The quantitative estimate of drug-likeness (QED) is 0.855. The number of imide groups is 1. The van der Waals surface area contributed by atoms with E-state index in [4.69, 9.17) is 4.74 Å². The van der Waals surface area contributed by atoms with Gasteiger partial charge in [0.15, 0.2) is 0 Å². The second-order valence-electron chi connectivity index (χ2n) is 8.58. The predicted molar refractivity (Wildman–Crippen MR) is 107 cm³/mol. The average molecular weight is 399 g/mol. The molecule has 0 atom stereocenters. The molecule has 1 N–H and O–H groups in total. The van der Waals surface area contributed by atoms with E-state index in [0.29, 0.717) is 31.2 Å². The average Bonchev–Trinajstić information content (AvgIpc) is 2.98. The molecule has 0 bridgehead atoms. The zero-order chi connectivity index (χ0) is 20.8. The Bertz CT molecular complexity index is 971. The molecule has 0 aliphatic carbocycles. The number of carbonyl (C=O) groups excluding carboxylic acids is 3. The third-order valence-electron chi connectivity index (χ3n) is 5.02. The first-order valence-electron chi connectivity index (χ1n) is 9.74. The first-order valence-corrected chi connectivity index (χ1v) is 9.74. The number of amides is 4. The number of urea groups is 1. The van der Waals surface area contributed by atoms with Crippen molar-refractivity contribution in [1.29, 1.82) is 0 Å². The van der Waals surface area contributed by atoms with Crippen molar-refractivity contribution in [3.63, 3.8) is 0 Å². The molecule has 0 spiro atoms. The number of nitrogens with zero attached hydrogens (tertiary/aromatic N) is 4. The number of fused-ring (bicyclic) bond motifs is 1. The Morgan fingerprint density at radius 3 is 2.76 bits per heavy atom. The Labute approximate surface area is 168 Å². The standard InChI is InChI=1S/C20H25N5O4/c1-20(2,3)29-19(28)24-11-13(12-24)10-23-6-4-14-8-15(9-21-17(14)23)25-7-5-16(26)22-18(25)27/h4,6,8-9,13H,5,7,10-12H2,1-3H3,(H,22,26,27). The molecule has 2 aromatic heterocycles. The van der Waals surface area contributed by atoms with E-state index in [1.165, 1.54) is 4.90 Å². The minimum Gasteiger partial charge on any atom is -0.444 e. The normalized spacial score (nSPS) is 18.0. The number of nitrogens with one attached hydrogen (secondary N) is 1. The highest BCUT2D eigenvalue weighted by Crippen LogP contribution is 2.25. The number of carbonyl (C=O) groups is 3. The fourth-order valence-electron chi connectivity index (χ4n) is 3.61. The Hall–Kier alpha value is -3.10. The fraction of sp³-hybridized carbons (Fsp3) is 0.500. The van der Waals surface area contributed by atoms with Gasteiger partial charge in [-0.25, -0.2) is 14.6 Å². The molecular weight excluding hydrogens is 374 g/mol. The van der Waals surface area contributed by atoms with E-state index in [9.17, 15) is 14.4 Å². The van der Waals surface area contributed by atoms with Gasteiger partial charge in [0.2, 0.25) is 5.91 Å². The van der Waals surface area contributed by atoms with Gasteiger partial charge in [0.05, 0.1) is 11.9 Å². The van der Waals surface area contributed by atoms with Gasteiger partial charge >= 0.3 is 12.1 Å². The monoisotopic (exact) mass is 399 g/mol. The van der Waals surface area contributed by atoms with Gasteiger partial charge in [0.1, 0.15) is 11.2 Å². The minimum absolute atomic E-state index is 0.257. The van der Waals surface area contributed by atoms with Crippen molar-refractivity contribution >= 4 is 34.8 Å². The van der Waals surface area contributed by atoms with E-state index >= 15 is 0 Å². The molecule has 0 radical (unpaired) electrons. The maximum Gasteiger partial charge on any atom is 0.410 e. The van der Waals surface area contributed by atoms with E-state index in [0.717, 1.165) is 17.6 Å². The van der Waals surface area contributed by atoms with Crippen LogP contribution in [-0.2, 0) is 16.1 Å². The van der Waals surface area contributed by atoms with Gasteiger partial charge in [0, 0.05) is 50.1 Å². The summed E-state index contributed by atoms with van der Waals surface area (Å²) in [5.41, 5.74) is 1.01. The summed E-state index contributed by atoms with van der Waals surface area (Å²) in [5.74, 6) is 0.0887. The van der Waals surface area contributed by atoms with Crippen LogP contribution in [0.4, 0.5) is 15.3 Å². The largest absolute Gasteiger partial charge is 0.444 e. The van der Waals surface area contributed by atoms with Crippen LogP contribution in [0.25, 0.3) is 11.0 Å². The molecule has 4 heterocycles. The molecule has 2 aliphatic rings. The van der Waals surface area contributed by atoms with Crippen molar-refractivity contribution in [3.05, 3.63) is 24.5 Å². The Morgan fingerprint density at radius 1 is 1.31 bits per heavy atom. The first-order chi connectivity index (χ1) is 13.7. The van der Waals surface area contributed by atoms with Crippen LogP contribution in [0.15, 0.2) is 24.5 Å². The third kappa shape index (κ3) is 4.03. The highest BCUT2D eigenvalue weighted by molar-refractivity contribution is 6.06. The van der Waals surface area contributed by atoms with Gasteiger partial charge in [-0.1, -0.05) is 0 Å². The van der Waals surface area contributed by atoms with E-state index < -0.39 is 11.6 Å². The Kier molecular flexibility index (Phi) is 4.68. The van der Waals surface area contributed by atoms with Crippen LogP contribution in [0, 0.1) is 5.92 Å². The smallest absolute Gasteiger partial charge is 0.410 e. The van der Waals surface area contributed by atoms with E-state index in [1.54, 1.807) is 11.1 Å². The molecule has 2 saturated heterocycles. The van der Waals surface area contributed by atoms with Crippen LogP contribution in [0.3, 0.4) is 0 Å². The molecule has 9 heteroatoms. The van der Waals surface area contributed by atoms with E-state index in [2.05, 4.69) is 14.9 Å². The SMILES string of the molecule is CC(C)(C)OC(=O)N1CC(Cn2ccc3cc(N4CCC(=O)NC4=O)cnc32)C1. The fourth-order valence-corrected chi connectivity index (χ4v) is 3.61. The summed E-state index contributed by atoms with van der Waals surface area (Å²) < 4.78 is 7.46. The van der Waals surface area contributed by atoms with Gasteiger partial charge in [0.25, 0.3) is 0 Å². The van der Waals surface area contributed by atoms with Crippen LogP contribution in [0.2, 0.25) is 0 Å². The summed E-state index contributed by atoms with van der Waals surface area (Å²) in [6.07, 6.45) is 3.63. The zero-order valence-electron chi connectivity index (χ0n) is 16.8. The number of anilines is 1. The van der Waals surface area contributed by atoms with E-state index in [1.807, 2.05) is 39.1 Å². The third-order valence-corrected chi connectivity index (χ3v) is 5.02. The summed E-state index contributed by atoms with van der Waals surface area (Å²) >= 11 is 0. The lowest BCUT2D eigenvalue weighted by Crippen LogP contribution is -2.52. The van der Waals surface area contributed by atoms with Crippen molar-refractivity contribution in [2.75, 3.05) is 24.5 Å². The number of aromatic nitrogens is 2. The van der Waals surface area contributed by atoms with Crippen molar-refractivity contribution < 1.29 is 19.1 Å². The molecular formula is C20H25N5O4. The van der Waals surface area contributed by atoms with E-state index in [-0.39, 0.29) is 18.4 Å². The van der Waals surface area contributed by atoms with Gasteiger partial charge in [-0.2, -0.15) is 0 Å². The first kappa shape index (κ1) is 19.2. The molecule has 9 nitrogen and oxygen atoms in total. The number of rotatable bonds is 3. The van der Waals surface area contributed by atoms with Crippen LogP contribution in [0.5, 0.6) is 0 Å². The minimum atomic E-state index is -0.487. The highest BCUT2D eigenvalue weighted by atomic mass is 16.6.